The number of nitrogens with one attached hydrogen (secondary N) is 1. The molecule has 0 spiro atoms. The van der Waals surface area contributed by atoms with Gasteiger partial charge in [-0.1, -0.05) is 60.2 Å². The van der Waals surface area contributed by atoms with E-state index in [2.05, 4.69) is 5.32 Å². The smallest absolute Gasteiger partial charge is 0.264 e. The van der Waals surface area contributed by atoms with E-state index in [9.17, 15) is 18.0 Å². The van der Waals surface area contributed by atoms with Gasteiger partial charge >= 0.3 is 0 Å². The Morgan fingerprint density at radius 2 is 1.51 bits per heavy atom. The zero-order valence-electron chi connectivity index (χ0n) is 20.4. The van der Waals surface area contributed by atoms with Crippen molar-refractivity contribution in [2.75, 3.05) is 17.9 Å². The van der Waals surface area contributed by atoms with Crippen LogP contribution >= 0.6 is 0 Å². The number of hydrogen-bond donors (Lipinski definition) is 1. The number of carbonyl (C=O) groups excluding carboxylic acids is 2. The number of rotatable bonds is 9. The van der Waals surface area contributed by atoms with Crippen LogP contribution in [-0.4, -0.2) is 44.8 Å². The molecule has 7 nitrogen and oxygen atoms in total. The van der Waals surface area contributed by atoms with Gasteiger partial charge in [-0.2, -0.15) is 0 Å². The highest BCUT2D eigenvalue weighted by atomic mass is 32.2. The van der Waals surface area contributed by atoms with E-state index in [4.69, 9.17) is 0 Å². The molecule has 3 aromatic rings. The molecule has 0 aliphatic carbocycles. The molecule has 3 aromatic carbocycles. The Hall–Kier alpha value is -3.65. The monoisotopic (exact) mass is 493 g/mol. The summed E-state index contributed by atoms with van der Waals surface area (Å²) in [4.78, 5) is 27.7. The molecule has 0 unspecified atom stereocenters. The van der Waals surface area contributed by atoms with Crippen molar-refractivity contribution in [3.63, 3.8) is 0 Å². The molecule has 1 N–H and O–H groups in total. The maximum absolute atomic E-state index is 13.7. The van der Waals surface area contributed by atoms with Crippen molar-refractivity contribution in [1.82, 2.24) is 10.2 Å². The fraction of sp³-hybridized carbons (Fsp3) is 0.259. The summed E-state index contributed by atoms with van der Waals surface area (Å²) in [7, 11) is -2.54. The molecule has 0 aliphatic rings. The molecule has 8 heteroatoms. The van der Waals surface area contributed by atoms with Crippen LogP contribution in [0.4, 0.5) is 5.69 Å². The van der Waals surface area contributed by atoms with Gasteiger partial charge in [0.1, 0.15) is 12.6 Å². The Balaban J connectivity index is 2.02. The molecule has 1 atom stereocenters. The third kappa shape index (κ3) is 6.27. The molecular formula is C27H31N3O4S. The van der Waals surface area contributed by atoms with Gasteiger partial charge < -0.3 is 10.2 Å². The molecule has 184 valence electrons. The fourth-order valence-corrected chi connectivity index (χ4v) is 5.26. The second-order valence-electron chi connectivity index (χ2n) is 8.46. The number of likely N-dealkylation sites (N-methyl/N-ethyl adjacent to an activating group) is 1. The number of carbonyl (C=O) groups is 2. The first kappa shape index (κ1) is 26.0. The summed E-state index contributed by atoms with van der Waals surface area (Å²) >= 11 is 0. The van der Waals surface area contributed by atoms with E-state index < -0.39 is 28.5 Å². The maximum Gasteiger partial charge on any atom is 0.264 e. The van der Waals surface area contributed by atoms with Crippen molar-refractivity contribution in [1.29, 1.82) is 0 Å². The molecule has 0 aromatic heterocycles. The van der Waals surface area contributed by atoms with Crippen molar-refractivity contribution in [3.05, 3.63) is 95.6 Å². The van der Waals surface area contributed by atoms with Gasteiger partial charge in [0.05, 0.1) is 10.6 Å². The number of sulfonamides is 1. The van der Waals surface area contributed by atoms with Gasteiger partial charge in [0.15, 0.2) is 0 Å². The van der Waals surface area contributed by atoms with Crippen LogP contribution in [0.1, 0.15) is 23.6 Å². The summed E-state index contributed by atoms with van der Waals surface area (Å²) in [6, 6.07) is 21.9. The van der Waals surface area contributed by atoms with E-state index in [1.165, 1.54) is 24.1 Å². The van der Waals surface area contributed by atoms with E-state index >= 15 is 0 Å². The lowest BCUT2D eigenvalue weighted by atomic mass is 10.1. The van der Waals surface area contributed by atoms with Gasteiger partial charge in [0.2, 0.25) is 11.8 Å². The molecule has 35 heavy (non-hydrogen) atoms. The number of amides is 2. The lowest BCUT2D eigenvalue weighted by Crippen LogP contribution is -2.50. The topological polar surface area (TPSA) is 86.8 Å². The van der Waals surface area contributed by atoms with Gasteiger partial charge in [0.25, 0.3) is 10.0 Å². The SMILES string of the molecule is CNC(=O)[C@@H](C)N(Cc1cccc(C)c1)C(=O)CN(c1cccc(C)c1)S(=O)(=O)c1ccccc1. The molecule has 0 saturated heterocycles. The van der Waals surface area contributed by atoms with Gasteiger partial charge in [-0.05, 0) is 56.2 Å². The highest BCUT2D eigenvalue weighted by molar-refractivity contribution is 7.92. The number of benzene rings is 3. The van der Waals surface area contributed by atoms with Crippen LogP contribution in [0.3, 0.4) is 0 Å². The van der Waals surface area contributed by atoms with E-state index in [1.807, 2.05) is 44.2 Å². The average Bonchev–Trinajstić information content (AvgIpc) is 2.85. The van der Waals surface area contributed by atoms with Crippen LogP contribution in [0.2, 0.25) is 0 Å². The molecule has 0 fully saturated rings. The van der Waals surface area contributed by atoms with Crippen molar-refractivity contribution in [3.8, 4) is 0 Å². The van der Waals surface area contributed by atoms with Crippen molar-refractivity contribution in [2.45, 2.75) is 38.3 Å². The molecule has 0 radical (unpaired) electrons. The van der Waals surface area contributed by atoms with E-state index in [-0.39, 0.29) is 17.3 Å². The van der Waals surface area contributed by atoms with Crippen LogP contribution in [0.25, 0.3) is 0 Å². The van der Waals surface area contributed by atoms with Crippen molar-refractivity contribution >= 4 is 27.5 Å². The number of nitrogens with zero attached hydrogens (tertiary/aromatic N) is 2. The van der Waals surface area contributed by atoms with Crippen LogP contribution in [0.5, 0.6) is 0 Å². The summed E-state index contributed by atoms with van der Waals surface area (Å²) in [5.74, 6) is -0.817. The second-order valence-corrected chi connectivity index (χ2v) is 10.3. The van der Waals surface area contributed by atoms with E-state index in [1.54, 1.807) is 43.3 Å². The summed E-state index contributed by atoms with van der Waals surface area (Å²) in [5.41, 5.74) is 3.11. The third-order valence-corrected chi connectivity index (χ3v) is 7.54. The standard InChI is InChI=1S/C27H31N3O4S/c1-20-10-8-12-23(16-20)18-29(22(3)27(32)28-4)26(31)19-30(24-13-9-11-21(2)17-24)35(33,34)25-14-6-5-7-15-25/h5-17,22H,18-19H2,1-4H3,(H,28,32)/t22-/m1/s1. The second kappa shape index (κ2) is 11.2. The van der Waals surface area contributed by atoms with Crippen LogP contribution in [0.15, 0.2) is 83.8 Å². The Morgan fingerprint density at radius 1 is 0.886 bits per heavy atom. The summed E-state index contributed by atoms with van der Waals surface area (Å²) in [6.07, 6.45) is 0. The largest absolute Gasteiger partial charge is 0.357 e. The Bertz CT molecular complexity index is 1290. The predicted octanol–water partition coefficient (Wildman–Crippen LogP) is 3.66. The summed E-state index contributed by atoms with van der Waals surface area (Å²) in [5, 5.41) is 2.58. The minimum atomic E-state index is -4.05. The predicted molar refractivity (Wildman–Crippen MR) is 137 cm³/mol. The maximum atomic E-state index is 13.7. The number of anilines is 1. The first-order chi connectivity index (χ1) is 16.6. The summed E-state index contributed by atoms with van der Waals surface area (Å²) < 4.78 is 28.4. The zero-order chi connectivity index (χ0) is 25.6. The van der Waals surface area contributed by atoms with Crippen LogP contribution in [0, 0.1) is 13.8 Å². The molecule has 2 amide bonds. The molecule has 3 rings (SSSR count). The zero-order valence-corrected chi connectivity index (χ0v) is 21.2. The average molecular weight is 494 g/mol. The Kier molecular flexibility index (Phi) is 8.30. The molecule has 0 saturated carbocycles. The van der Waals surface area contributed by atoms with Gasteiger partial charge in [-0.25, -0.2) is 8.42 Å². The Morgan fingerprint density at radius 3 is 2.11 bits per heavy atom. The van der Waals surface area contributed by atoms with E-state index in [0.717, 1.165) is 21.0 Å². The minimum Gasteiger partial charge on any atom is -0.357 e. The number of hydrogen-bond acceptors (Lipinski definition) is 4. The minimum absolute atomic E-state index is 0.0823. The first-order valence-corrected chi connectivity index (χ1v) is 12.8. The lowest BCUT2D eigenvalue weighted by molar-refractivity contribution is -0.139. The normalized spacial score (nSPS) is 12.0. The van der Waals surface area contributed by atoms with Crippen LogP contribution in [-0.2, 0) is 26.2 Å². The molecular weight excluding hydrogens is 462 g/mol. The molecule has 0 heterocycles. The van der Waals surface area contributed by atoms with Gasteiger partial charge in [-0.15, -0.1) is 0 Å². The third-order valence-electron chi connectivity index (χ3n) is 5.75. The Labute approximate surface area is 207 Å². The molecule has 0 aliphatic heterocycles. The highest BCUT2D eigenvalue weighted by Crippen LogP contribution is 2.25. The fourth-order valence-electron chi connectivity index (χ4n) is 3.83. The first-order valence-electron chi connectivity index (χ1n) is 11.3. The number of aryl methyl sites for hydroxylation is 2. The lowest BCUT2D eigenvalue weighted by Gasteiger charge is -2.32. The van der Waals surface area contributed by atoms with Crippen molar-refractivity contribution < 1.29 is 18.0 Å². The van der Waals surface area contributed by atoms with Crippen LogP contribution < -0.4 is 9.62 Å². The molecule has 0 bridgehead atoms. The van der Waals surface area contributed by atoms with Crippen molar-refractivity contribution in [2.24, 2.45) is 0 Å². The quantitative estimate of drug-likeness (QED) is 0.493. The van der Waals surface area contributed by atoms with Gasteiger partial charge in [0, 0.05) is 13.6 Å². The summed E-state index contributed by atoms with van der Waals surface area (Å²) in [6.45, 7) is 5.16. The van der Waals surface area contributed by atoms with Gasteiger partial charge in [-0.3, -0.25) is 13.9 Å². The highest BCUT2D eigenvalue weighted by Gasteiger charge is 2.32. The van der Waals surface area contributed by atoms with E-state index in [0.29, 0.717) is 5.69 Å².